The number of hydrogen-bond acceptors (Lipinski definition) is 3. The van der Waals surface area contributed by atoms with E-state index in [1.165, 1.54) is 0 Å². The van der Waals surface area contributed by atoms with Gasteiger partial charge in [-0.25, -0.2) is 4.98 Å². The van der Waals surface area contributed by atoms with Crippen LogP contribution in [0.25, 0.3) is 10.9 Å². The summed E-state index contributed by atoms with van der Waals surface area (Å²) in [5, 5.41) is 1.09. The first-order valence-corrected chi connectivity index (χ1v) is 7.09. The lowest BCUT2D eigenvalue weighted by Crippen LogP contribution is -2.26. The van der Waals surface area contributed by atoms with E-state index in [4.69, 9.17) is 21.1 Å². The summed E-state index contributed by atoms with van der Waals surface area (Å²) in [6.07, 6.45) is 2.04. The first-order chi connectivity index (χ1) is 9.36. The molecule has 0 saturated carbocycles. The van der Waals surface area contributed by atoms with Crippen LogP contribution in [0.4, 0.5) is 0 Å². The van der Waals surface area contributed by atoms with Gasteiger partial charge >= 0.3 is 0 Å². The van der Waals surface area contributed by atoms with E-state index in [0.29, 0.717) is 11.8 Å². The fourth-order valence-electron chi connectivity index (χ4n) is 2.36. The van der Waals surface area contributed by atoms with Crippen molar-refractivity contribution in [2.45, 2.75) is 24.8 Å². The second-order valence-electron chi connectivity index (χ2n) is 4.70. The number of nitrogens with zero attached hydrogens (tertiary/aromatic N) is 1. The van der Waals surface area contributed by atoms with Gasteiger partial charge in [0, 0.05) is 30.2 Å². The smallest absolute Gasteiger partial charge is 0.214 e. The predicted octanol–water partition coefficient (Wildman–Crippen LogP) is 3.53. The van der Waals surface area contributed by atoms with Crippen LogP contribution in [-0.2, 0) is 10.6 Å². The summed E-state index contributed by atoms with van der Waals surface area (Å²) in [6.45, 7) is 1.53. The third-order valence-electron chi connectivity index (χ3n) is 3.38. The highest BCUT2D eigenvalue weighted by molar-refractivity contribution is 6.18. The number of hydrogen-bond donors (Lipinski definition) is 0. The zero-order chi connectivity index (χ0) is 13.1. The number of para-hydroxylation sites is 1. The Morgan fingerprint density at radius 1 is 1.26 bits per heavy atom. The molecule has 4 heteroatoms. The second kappa shape index (κ2) is 5.76. The first kappa shape index (κ1) is 12.7. The van der Waals surface area contributed by atoms with Crippen LogP contribution in [0.5, 0.6) is 5.88 Å². The van der Waals surface area contributed by atoms with E-state index in [9.17, 15) is 0 Å². The van der Waals surface area contributed by atoms with E-state index in [0.717, 1.165) is 42.5 Å². The quantitative estimate of drug-likeness (QED) is 0.804. The molecule has 100 valence electrons. The topological polar surface area (TPSA) is 31.4 Å². The Bertz CT molecular complexity index is 567. The van der Waals surface area contributed by atoms with Gasteiger partial charge in [0.1, 0.15) is 6.10 Å². The van der Waals surface area contributed by atoms with Gasteiger partial charge in [0.25, 0.3) is 0 Å². The number of pyridine rings is 1. The van der Waals surface area contributed by atoms with Crippen LogP contribution >= 0.6 is 11.6 Å². The van der Waals surface area contributed by atoms with Gasteiger partial charge in [0.05, 0.1) is 18.7 Å². The lowest BCUT2D eigenvalue weighted by molar-refractivity contribution is 0.0238. The summed E-state index contributed by atoms with van der Waals surface area (Å²) in [7, 11) is 0. The van der Waals surface area contributed by atoms with Crippen LogP contribution in [0.15, 0.2) is 30.3 Å². The number of fused-ring (bicyclic) bond motifs is 1. The molecule has 0 unspecified atom stereocenters. The van der Waals surface area contributed by atoms with Gasteiger partial charge in [-0.3, -0.25) is 0 Å². The van der Waals surface area contributed by atoms with Gasteiger partial charge in [-0.15, -0.1) is 11.6 Å². The third kappa shape index (κ3) is 2.82. The predicted molar refractivity (Wildman–Crippen MR) is 75.8 cm³/mol. The standard InChI is InChI=1S/C15H16ClNO2/c16-10-11-9-15(19-12-5-7-18-8-6-12)17-14-4-2-1-3-13(11)14/h1-4,9,12H,5-8,10H2. The first-order valence-electron chi connectivity index (χ1n) is 6.56. The summed E-state index contributed by atoms with van der Waals surface area (Å²) in [5.74, 6) is 1.13. The second-order valence-corrected chi connectivity index (χ2v) is 4.97. The third-order valence-corrected chi connectivity index (χ3v) is 3.67. The highest BCUT2D eigenvalue weighted by Crippen LogP contribution is 2.25. The maximum atomic E-state index is 6.02. The van der Waals surface area contributed by atoms with E-state index >= 15 is 0 Å². The highest BCUT2D eigenvalue weighted by Gasteiger charge is 2.16. The summed E-state index contributed by atoms with van der Waals surface area (Å²) in [5.41, 5.74) is 2.00. The van der Waals surface area contributed by atoms with Gasteiger partial charge in [0.15, 0.2) is 0 Å². The van der Waals surface area contributed by atoms with Crippen molar-refractivity contribution in [1.82, 2.24) is 4.98 Å². The summed E-state index contributed by atoms with van der Waals surface area (Å²) in [6, 6.07) is 9.95. The van der Waals surface area contributed by atoms with E-state index in [-0.39, 0.29) is 6.10 Å². The Morgan fingerprint density at radius 2 is 2.05 bits per heavy atom. The maximum Gasteiger partial charge on any atom is 0.214 e. The number of halogens is 1. The van der Waals surface area contributed by atoms with Crippen molar-refractivity contribution in [3.8, 4) is 5.88 Å². The molecule has 1 fully saturated rings. The van der Waals surface area contributed by atoms with Crippen molar-refractivity contribution in [2.75, 3.05) is 13.2 Å². The Kier molecular flexibility index (Phi) is 3.85. The number of alkyl halides is 1. The van der Waals surface area contributed by atoms with E-state index in [2.05, 4.69) is 4.98 Å². The van der Waals surface area contributed by atoms with Crippen LogP contribution in [0.3, 0.4) is 0 Å². The Labute approximate surface area is 117 Å². The van der Waals surface area contributed by atoms with Crippen molar-refractivity contribution in [3.05, 3.63) is 35.9 Å². The molecule has 2 heterocycles. The molecule has 1 saturated heterocycles. The van der Waals surface area contributed by atoms with Crippen LogP contribution in [-0.4, -0.2) is 24.3 Å². The average Bonchev–Trinajstić information content (AvgIpc) is 2.47. The molecule has 1 aliphatic rings. The monoisotopic (exact) mass is 277 g/mol. The zero-order valence-corrected chi connectivity index (χ0v) is 11.4. The molecule has 1 aliphatic heterocycles. The average molecular weight is 278 g/mol. The van der Waals surface area contributed by atoms with E-state index < -0.39 is 0 Å². The molecule has 0 bridgehead atoms. The van der Waals surface area contributed by atoms with Gasteiger partial charge in [-0.05, 0) is 11.6 Å². The van der Waals surface area contributed by atoms with Crippen LogP contribution < -0.4 is 4.74 Å². The van der Waals surface area contributed by atoms with Crippen molar-refractivity contribution in [3.63, 3.8) is 0 Å². The molecule has 1 aromatic carbocycles. The molecule has 3 nitrogen and oxygen atoms in total. The van der Waals surface area contributed by atoms with Crippen LogP contribution in [0.2, 0.25) is 0 Å². The van der Waals surface area contributed by atoms with Gasteiger partial charge in [-0.1, -0.05) is 18.2 Å². The minimum atomic E-state index is 0.200. The SMILES string of the molecule is ClCc1cc(OC2CCOCC2)nc2ccccc12. The number of rotatable bonds is 3. The number of ether oxygens (including phenoxy) is 2. The molecule has 0 spiro atoms. The fraction of sp³-hybridized carbons (Fsp3) is 0.400. The van der Waals surface area contributed by atoms with Crippen molar-refractivity contribution < 1.29 is 9.47 Å². The van der Waals surface area contributed by atoms with Gasteiger partial charge in [-0.2, -0.15) is 0 Å². The molecule has 0 amide bonds. The van der Waals surface area contributed by atoms with Gasteiger partial charge in [0.2, 0.25) is 5.88 Å². The maximum absolute atomic E-state index is 6.02. The molecular formula is C15H16ClNO2. The molecule has 0 atom stereocenters. The Balaban J connectivity index is 1.90. The summed E-state index contributed by atoms with van der Waals surface area (Å²) < 4.78 is 11.3. The summed E-state index contributed by atoms with van der Waals surface area (Å²) in [4.78, 5) is 4.56. The van der Waals surface area contributed by atoms with Crippen LogP contribution in [0, 0.1) is 0 Å². The van der Waals surface area contributed by atoms with E-state index in [1.807, 2.05) is 30.3 Å². The minimum absolute atomic E-state index is 0.200. The Morgan fingerprint density at radius 3 is 2.84 bits per heavy atom. The fourth-order valence-corrected chi connectivity index (χ4v) is 2.58. The lowest BCUT2D eigenvalue weighted by atomic mass is 10.1. The van der Waals surface area contributed by atoms with Crippen LogP contribution in [0.1, 0.15) is 18.4 Å². The van der Waals surface area contributed by atoms with Crippen molar-refractivity contribution in [2.24, 2.45) is 0 Å². The molecule has 2 aromatic rings. The molecule has 0 N–H and O–H groups in total. The minimum Gasteiger partial charge on any atom is -0.474 e. The molecule has 19 heavy (non-hydrogen) atoms. The van der Waals surface area contributed by atoms with Crippen molar-refractivity contribution >= 4 is 22.5 Å². The molecule has 0 aliphatic carbocycles. The zero-order valence-electron chi connectivity index (χ0n) is 10.6. The number of aromatic nitrogens is 1. The largest absolute Gasteiger partial charge is 0.474 e. The highest BCUT2D eigenvalue weighted by atomic mass is 35.5. The lowest BCUT2D eigenvalue weighted by Gasteiger charge is -2.23. The molecular weight excluding hydrogens is 262 g/mol. The number of benzene rings is 1. The van der Waals surface area contributed by atoms with Gasteiger partial charge < -0.3 is 9.47 Å². The molecule has 0 radical (unpaired) electrons. The summed E-state index contributed by atoms with van der Waals surface area (Å²) >= 11 is 6.02. The van der Waals surface area contributed by atoms with Crippen molar-refractivity contribution in [1.29, 1.82) is 0 Å². The Hall–Kier alpha value is -1.32. The normalized spacial score (nSPS) is 16.7. The van der Waals surface area contributed by atoms with E-state index in [1.54, 1.807) is 0 Å². The molecule has 1 aromatic heterocycles. The molecule has 3 rings (SSSR count).